The van der Waals surface area contributed by atoms with Gasteiger partial charge >= 0.3 is 0 Å². The van der Waals surface area contributed by atoms with Crippen molar-refractivity contribution in [2.75, 3.05) is 13.3 Å². The third-order valence-electron chi connectivity index (χ3n) is 2.53. The number of hydrogen-bond donors (Lipinski definition) is 0. The van der Waals surface area contributed by atoms with E-state index in [1.165, 1.54) is 0 Å². The van der Waals surface area contributed by atoms with Gasteiger partial charge in [0, 0.05) is 5.56 Å². The lowest BCUT2D eigenvalue weighted by Crippen LogP contribution is -1.93. The lowest BCUT2D eigenvalue weighted by molar-refractivity contribution is 0.174. The van der Waals surface area contributed by atoms with Gasteiger partial charge in [0.25, 0.3) is 0 Å². The number of para-hydroxylation sites is 1. The molecule has 2 heterocycles. The molecule has 0 unspecified atom stereocenters. The molecule has 3 nitrogen and oxygen atoms in total. The number of aliphatic imine (C=N–C) groups is 1. The van der Waals surface area contributed by atoms with E-state index < -0.39 is 0 Å². The second kappa shape index (κ2) is 3.85. The lowest BCUT2D eigenvalue weighted by atomic mass is 10.1. The summed E-state index contributed by atoms with van der Waals surface area (Å²) in [6.45, 7) is 1.09. The van der Waals surface area contributed by atoms with E-state index in [4.69, 9.17) is 9.47 Å². The zero-order chi connectivity index (χ0) is 10.8. The van der Waals surface area contributed by atoms with E-state index in [-0.39, 0.29) is 0 Å². The third-order valence-corrected chi connectivity index (χ3v) is 2.53. The molecule has 0 saturated heterocycles. The van der Waals surface area contributed by atoms with Gasteiger partial charge in [-0.15, -0.1) is 0 Å². The molecule has 0 fully saturated rings. The summed E-state index contributed by atoms with van der Waals surface area (Å²) in [6, 6.07) is 5.87. The number of hydrogen-bond acceptors (Lipinski definition) is 3. The Morgan fingerprint density at radius 1 is 1.19 bits per heavy atom. The normalized spacial score (nSPS) is 17.1. The fourth-order valence-electron chi connectivity index (χ4n) is 1.75. The minimum atomic E-state index is 0.307. The highest BCUT2D eigenvalue weighted by Crippen LogP contribution is 2.35. The predicted molar refractivity (Wildman–Crippen MR) is 63.0 cm³/mol. The van der Waals surface area contributed by atoms with Crippen molar-refractivity contribution in [1.82, 2.24) is 0 Å². The Balaban J connectivity index is 1.90. The van der Waals surface area contributed by atoms with E-state index in [2.05, 4.69) is 4.99 Å². The highest BCUT2D eigenvalue weighted by Gasteiger charge is 2.15. The number of ether oxygens (including phenoxy) is 2. The Kier molecular flexibility index (Phi) is 2.22. The molecular weight excluding hydrogens is 202 g/mol. The minimum absolute atomic E-state index is 0.307. The largest absolute Gasteiger partial charge is 0.454 e. The van der Waals surface area contributed by atoms with Crippen LogP contribution in [0.3, 0.4) is 0 Å². The average Bonchev–Trinajstić information content (AvgIpc) is 2.97. The van der Waals surface area contributed by atoms with Crippen molar-refractivity contribution >= 4 is 11.8 Å². The van der Waals surface area contributed by atoms with Gasteiger partial charge in [-0.05, 0) is 24.3 Å². The van der Waals surface area contributed by atoms with Crippen LogP contribution in [0.4, 0.5) is 0 Å². The van der Waals surface area contributed by atoms with Gasteiger partial charge in [0.15, 0.2) is 11.5 Å². The first kappa shape index (κ1) is 9.21. The fraction of sp³-hybridized carbons (Fsp3) is 0.154. The number of rotatable bonds is 2. The molecule has 2 aliphatic rings. The van der Waals surface area contributed by atoms with Crippen molar-refractivity contribution in [3.8, 4) is 11.5 Å². The van der Waals surface area contributed by atoms with E-state index in [0.717, 1.165) is 29.3 Å². The monoisotopic (exact) mass is 213 g/mol. The van der Waals surface area contributed by atoms with Gasteiger partial charge in [0.1, 0.15) is 0 Å². The number of nitrogens with zero attached hydrogens (tertiary/aromatic N) is 1. The smallest absolute Gasteiger partial charge is 0.231 e. The van der Waals surface area contributed by atoms with Gasteiger partial charge in [-0.25, -0.2) is 0 Å². The van der Waals surface area contributed by atoms with Crippen molar-refractivity contribution < 1.29 is 9.47 Å². The van der Waals surface area contributed by atoms with Gasteiger partial charge in [0.05, 0.1) is 12.3 Å². The van der Waals surface area contributed by atoms with Gasteiger partial charge in [-0.2, -0.15) is 0 Å². The predicted octanol–water partition coefficient (Wildman–Crippen LogP) is 2.44. The minimum Gasteiger partial charge on any atom is -0.454 e. The molecule has 0 bridgehead atoms. The highest BCUT2D eigenvalue weighted by atomic mass is 16.7. The Morgan fingerprint density at radius 3 is 3.06 bits per heavy atom. The molecule has 80 valence electrons. The first-order chi connectivity index (χ1) is 7.93. The Labute approximate surface area is 93.7 Å². The first-order valence-corrected chi connectivity index (χ1v) is 5.21. The maximum Gasteiger partial charge on any atom is 0.231 e. The quantitative estimate of drug-likeness (QED) is 0.755. The van der Waals surface area contributed by atoms with Crippen molar-refractivity contribution in [1.29, 1.82) is 0 Å². The topological polar surface area (TPSA) is 30.8 Å². The molecule has 1 aromatic rings. The SMILES string of the molecule is C1=CC(/C=C/c2cccc3c2OCO3)=NC1. The molecule has 0 aliphatic carbocycles. The summed E-state index contributed by atoms with van der Waals surface area (Å²) in [5.74, 6) is 1.63. The maximum atomic E-state index is 5.41. The summed E-state index contributed by atoms with van der Waals surface area (Å²) in [5, 5.41) is 0. The molecule has 0 aromatic heterocycles. The van der Waals surface area contributed by atoms with Gasteiger partial charge < -0.3 is 9.47 Å². The molecule has 0 spiro atoms. The van der Waals surface area contributed by atoms with Crippen LogP contribution in [0.2, 0.25) is 0 Å². The van der Waals surface area contributed by atoms with E-state index in [1.807, 2.05) is 42.5 Å². The Bertz CT molecular complexity index is 501. The van der Waals surface area contributed by atoms with Crippen LogP contribution in [0.1, 0.15) is 5.56 Å². The van der Waals surface area contributed by atoms with Crippen LogP contribution in [0, 0.1) is 0 Å². The molecule has 2 aliphatic heterocycles. The van der Waals surface area contributed by atoms with Crippen LogP contribution in [0.5, 0.6) is 11.5 Å². The summed E-state index contributed by atoms with van der Waals surface area (Å²) in [4.78, 5) is 4.29. The molecule has 0 amide bonds. The standard InChI is InChI=1S/C13H11NO2/c1-3-10(6-7-11-4-2-8-14-11)13-12(5-1)15-9-16-13/h1-7H,8-9H2/b7-6+. The molecule has 1 aromatic carbocycles. The summed E-state index contributed by atoms with van der Waals surface area (Å²) in [6.07, 6.45) is 8.04. The van der Waals surface area contributed by atoms with Crippen molar-refractivity contribution in [2.45, 2.75) is 0 Å². The van der Waals surface area contributed by atoms with E-state index in [9.17, 15) is 0 Å². The molecule has 16 heavy (non-hydrogen) atoms. The van der Waals surface area contributed by atoms with E-state index >= 15 is 0 Å². The van der Waals surface area contributed by atoms with Crippen molar-refractivity contribution in [3.05, 3.63) is 42.0 Å². The molecule has 0 N–H and O–H groups in total. The molecule has 0 atom stereocenters. The molecular formula is C13H11NO2. The summed E-state index contributed by atoms with van der Waals surface area (Å²) < 4.78 is 10.7. The van der Waals surface area contributed by atoms with Crippen LogP contribution in [0.15, 0.2) is 41.4 Å². The fourth-order valence-corrected chi connectivity index (χ4v) is 1.75. The van der Waals surface area contributed by atoms with E-state index in [0.29, 0.717) is 6.79 Å². The molecule has 3 rings (SSSR count). The van der Waals surface area contributed by atoms with Crippen LogP contribution < -0.4 is 9.47 Å². The lowest BCUT2D eigenvalue weighted by Gasteiger charge is -1.99. The van der Waals surface area contributed by atoms with Crippen LogP contribution >= 0.6 is 0 Å². The van der Waals surface area contributed by atoms with Crippen LogP contribution in [-0.2, 0) is 0 Å². The third kappa shape index (κ3) is 1.60. The van der Waals surface area contributed by atoms with Crippen molar-refractivity contribution in [2.24, 2.45) is 4.99 Å². The summed E-state index contributed by atoms with van der Waals surface area (Å²) >= 11 is 0. The molecule has 0 saturated carbocycles. The van der Waals surface area contributed by atoms with Gasteiger partial charge in [-0.1, -0.05) is 18.2 Å². The van der Waals surface area contributed by atoms with E-state index in [1.54, 1.807) is 0 Å². The number of benzene rings is 1. The van der Waals surface area contributed by atoms with Crippen molar-refractivity contribution in [3.63, 3.8) is 0 Å². The molecule has 3 heteroatoms. The second-order valence-electron chi connectivity index (χ2n) is 3.58. The number of fused-ring (bicyclic) bond motifs is 1. The molecule has 0 radical (unpaired) electrons. The van der Waals surface area contributed by atoms with Crippen LogP contribution in [-0.4, -0.2) is 19.0 Å². The highest BCUT2D eigenvalue weighted by molar-refractivity contribution is 6.07. The maximum absolute atomic E-state index is 5.41. The van der Waals surface area contributed by atoms with Gasteiger partial charge in [-0.3, -0.25) is 4.99 Å². The Morgan fingerprint density at radius 2 is 2.19 bits per heavy atom. The zero-order valence-electron chi connectivity index (χ0n) is 8.72. The van der Waals surface area contributed by atoms with Crippen LogP contribution in [0.25, 0.3) is 6.08 Å². The van der Waals surface area contributed by atoms with Gasteiger partial charge in [0.2, 0.25) is 6.79 Å². The summed E-state index contributed by atoms with van der Waals surface area (Å²) in [7, 11) is 0. The number of allylic oxidation sites excluding steroid dienone is 2. The Hall–Kier alpha value is -2.03. The zero-order valence-corrected chi connectivity index (χ0v) is 8.72. The summed E-state index contributed by atoms with van der Waals surface area (Å²) in [5.41, 5.74) is 2.02. The second-order valence-corrected chi connectivity index (χ2v) is 3.58. The first-order valence-electron chi connectivity index (χ1n) is 5.21. The average molecular weight is 213 g/mol.